The molecule has 0 amide bonds. The van der Waals surface area contributed by atoms with Gasteiger partial charge in [0.2, 0.25) is 0 Å². The van der Waals surface area contributed by atoms with E-state index in [0.29, 0.717) is 12.2 Å². The van der Waals surface area contributed by atoms with Crippen LogP contribution in [0.25, 0.3) is 0 Å². The van der Waals surface area contributed by atoms with Crippen molar-refractivity contribution in [2.24, 2.45) is 0 Å². The fourth-order valence-electron chi connectivity index (χ4n) is 1.79. The zero-order chi connectivity index (χ0) is 23.1. The molecule has 0 spiro atoms. The highest BCUT2D eigenvalue weighted by molar-refractivity contribution is 5.89. The van der Waals surface area contributed by atoms with Crippen LogP contribution < -0.4 is 0 Å². The number of benzene rings is 1. The molecule has 0 fully saturated rings. The summed E-state index contributed by atoms with van der Waals surface area (Å²) in [5.74, 6) is -1.94. The summed E-state index contributed by atoms with van der Waals surface area (Å²) in [5, 5.41) is 8.67. The molecule has 7 heteroatoms. The molecule has 0 bridgehead atoms. The van der Waals surface area contributed by atoms with Gasteiger partial charge >= 0.3 is 17.9 Å². The Balaban J connectivity index is 0.000000654. The summed E-state index contributed by atoms with van der Waals surface area (Å²) in [6, 6.07) is 9.30. The van der Waals surface area contributed by atoms with Gasteiger partial charge in [0.05, 0.1) is 0 Å². The standard InChI is InChI=1S/C15H16O4.C8H14O3/c1-11(14(16)17)8-9-12(2)15(18)19-10-13-6-4-3-5-7-13;1-5-10-7(4)11-8(9)6(2)3/h3-8H,2,9-10H2,1H3,(H,16,17);7H,2,5H2,1,3-4H3. The summed E-state index contributed by atoms with van der Waals surface area (Å²) < 4.78 is 14.8. The number of rotatable bonds is 10. The van der Waals surface area contributed by atoms with E-state index in [1.54, 1.807) is 13.8 Å². The summed E-state index contributed by atoms with van der Waals surface area (Å²) in [6.07, 6.45) is 1.13. The molecule has 1 aromatic rings. The van der Waals surface area contributed by atoms with E-state index in [9.17, 15) is 14.4 Å². The number of carboxylic acid groups (broad SMARTS) is 1. The number of hydrogen-bond donors (Lipinski definition) is 1. The maximum absolute atomic E-state index is 11.6. The normalized spacial score (nSPS) is 11.4. The highest BCUT2D eigenvalue weighted by Gasteiger charge is 2.09. The molecule has 0 saturated heterocycles. The number of allylic oxidation sites excluding steroid dienone is 1. The van der Waals surface area contributed by atoms with Crippen molar-refractivity contribution in [3.05, 3.63) is 71.8 Å². The third-order valence-electron chi connectivity index (χ3n) is 3.52. The summed E-state index contributed by atoms with van der Waals surface area (Å²) >= 11 is 0. The first-order valence-electron chi connectivity index (χ1n) is 9.35. The van der Waals surface area contributed by atoms with Crippen LogP contribution >= 0.6 is 0 Å². The Morgan fingerprint density at radius 3 is 2.20 bits per heavy atom. The second-order valence-corrected chi connectivity index (χ2v) is 6.27. The minimum Gasteiger partial charge on any atom is -0.478 e. The van der Waals surface area contributed by atoms with E-state index in [1.165, 1.54) is 13.0 Å². The van der Waals surface area contributed by atoms with Gasteiger partial charge in [0.25, 0.3) is 0 Å². The fourth-order valence-corrected chi connectivity index (χ4v) is 1.79. The average molecular weight is 418 g/mol. The van der Waals surface area contributed by atoms with Gasteiger partial charge in [-0.15, -0.1) is 0 Å². The largest absolute Gasteiger partial charge is 0.478 e. The molecule has 1 N–H and O–H groups in total. The second kappa shape index (κ2) is 14.8. The number of ether oxygens (including phenoxy) is 3. The van der Waals surface area contributed by atoms with E-state index >= 15 is 0 Å². The van der Waals surface area contributed by atoms with Crippen molar-refractivity contribution < 1.29 is 33.7 Å². The van der Waals surface area contributed by atoms with Gasteiger partial charge in [0.15, 0.2) is 6.29 Å². The molecular formula is C23H30O7. The van der Waals surface area contributed by atoms with Crippen LogP contribution in [0.3, 0.4) is 0 Å². The van der Waals surface area contributed by atoms with E-state index in [-0.39, 0.29) is 24.2 Å². The number of aliphatic carboxylic acids is 1. The van der Waals surface area contributed by atoms with Crippen LogP contribution in [0.15, 0.2) is 66.3 Å². The first-order valence-corrected chi connectivity index (χ1v) is 9.35. The van der Waals surface area contributed by atoms with Gasteiger partial charge in [-0.3, -0.25) is 0 Å². The zero-order valence-electron chi connectivity index (χ0n) is 18.0. The van der Waals surface area contributed by atoms with E-state index in [4.69, 9.17) is 19.3 Å². The van der Waals surface area contributed by atoms with Crippen molar-refractivity contribution in [3.8, 4) is 0 Å². The Labute approximate surface area is 177 Å². The van der Waals surface area contributed by atoms with E-state index in [1.807, 2.05) is 37.3 Å². The van der Waals surface area contributed by atoms with Crippen LogP contribution in [0, 0.1) is 0 Å². The van der Waals surface area contributed by atoms with Crippen LogP contribution in [-0.4, -0.2) is 35.9 Å². The van der Waals surface area contributed by atoms with Gasteiger partial charge in [0, 0.05) is 23.3 Å². The SMILES string of the molecule is C=C(C)C(=O)OC(C)OCC.C=C(CC=C(C)C(=O)O)C(=O)OCc1ccccc1. The molecule has 1 aromatic carbocycles. The summed E-state index contributed by atoms with van der Waals surface area (Å²) in [5.41, 5.74) is 1.69. The van der Waals surface area contributed by atoms with Gasteiger partial charge in [-0.25, -0.2) is 14.4 Å². The van der Waals surface area contributed by atoms with Gasteiger partial charge < -0.3 is 19.3 Å². The van der Waals surface area contributed by atoms with Crippen molar-refractivity contribution in [1.29, 1.82) is 0 Å². The molecule has 0 saturated carbocycles. The van der Waals surface area contributed by atoms with Crippen LogP contribution in [0.4, 0.5) is 0 Å². The number of carbonyl (C=O) groups excluding carboxylic acids is 2. The van der Waals surface area contributed by atoms with Gasteiger partial charge in [-0.1, -0.05) is 49.6 Å². The third kappa shape index (κ3) is 12.3. The first-order chi connectivity index (χ1) is 14.1. The van der Waals surface area contributed by atoms with Gasteiger partial charge in [0.1, 0.15) is 6.61 Å². The van der Waals surface area contributed by atoms with Crippen molar-refractivity contribution in [3.63, 3.8) is 0 Å². The van der Waals surface area contributed by atoms with E-state index < -0.39 is 24.2 Å². The predicted molar refractivity (Wildman–Crippen MR) is 113 cm³/mol. The average Bonchev–Trinajstić information content (AvgIpc) is 2.71. The van der Waals surface area contributed by atoms with E-state index in [0.717, 1.165) is 5.56 Å². The van der Waals surface area contributed by atoms with Crippen LogP contribution in [0.5, 0.6) is 0 Å². The fraction of sp³-hybridized carbons (Fsp3) is 0.348. The van der Waals surface area contributed by atoms with E-state index in [2.05, 4.69) is 13.2 Å². The lowest BCUT2D eigenvalue weighted by molar-refractivity contribution is -0.169. The van der Waals surface area contributed by atoms with Gasteiger partial charge in [-0.05, 0) is 39.7 Å². The minimum absolute atomic E-state index is 0.172. The molecule has 0 heterocycles. The molecular weight excluding hydrogens is 388 g/mol. The first kappa shape index (κ1) is 26.8. The van der Waals surface area contributed by atoms with Crippen LogP contribution in [0.1, 0.15) is 39.7 Å². The molecule has 0 radical (unpaired) electrons. The Bertz CT molecular complexity index is 763. The lowest BCUT2D eigenvalue weighted by Crippen LogP contribution is -2.18. The number of carboxylic acids is 1. The number of esters is 2. The number of hydrogen-bond acceptors (Lipinski definition) is 6. The van der Waals surface area contributed by atoms with Crippen molar-refractivity contribution in [2.45, 2.75) is 47.0 Å². The van der Waals surface area contributed by atoms with Crippen LogP contribution in [-0.2, 0) is 35.2 Å². The third-order valence-corrected chi connectivity index (χ3v) is 3.52. The molecule has 0 aliphatic rings. The molecule has 0 aliphatic heterocycles. The Hall–Kier alpha value is -3.19. The molecule has 7 nitrogen and oxygen atoms in total. The summed E-state index contributed by atoms with van der Waals surface area (Å²) in [7, 11) is 0. The molecule has 30 heavy (non-hydrogen) atoms. The molecule has 1 atom stereocenters. The maximum Gasteiger partial charge on any atom is 0.335 e. The topological polar surface area (TPSA) is 99.1 Å². The monoisotopic (exact) mass is 418 g/mol. The Morgan fingerprint density at radius 1 is 1.10 bits per heavy atom. The lowest BCUT2D eigenvalue weighted by Gasteiger charge is -2.11. The molecule has 0 aromatic heterocycles. The Morgan fingerprint density at radius 2 is 1.70 bits per heavy atom. The smallest absolute Gasteiger partial charge is 0.335 e. The number of carbonyl (C=O) groups is 3. The predicted octanol–water partition coefficient (Wildman–Crippen LogP) is 4.20. The van der Waals surface area contributed by atoms with Crippen molar-refractivity contribution >= 4 is 17.9 Å². The van der Waals surface area contributed by atoms with Crippen molar-refractivity contribution in [2.75, 3.05) is 6.61 Å². The molecule has 0 aliphatic carbocycles. The lowest BCUT2D eigenvalue weighted by atomic mass is 10.1. The summed E-state index contributed by atoms with van der Waals surface area (Å²) in [6.45, 7) is 14.3. The minimum atomic E-state index is -1.01. The van der Waals surface area contributed by atoms with Crippen molar-refractivity contribution in [1.82, 2.24) is 0 Å². The molecule has 1 rings (SSSR count). The quantitative estimate of drug-likeness (QED) is 0.345. The highest BCUT2D eigenvalue weighted by Crippen LogP contribution is 2.08. The zero-order valence-corrected chi connectivity index (χ0v) is 18.0. The molecule has 1 unspecified atom stereocenters. The summed E-state index contributed by atoms with van der Waals surface area (Å²) in [4.78, 5) is 33.0. The maximum atomic E-state index is 11.6. The second-order valence-electron chi connectivity index (χ2n) is 6.27. The van der Waals surface area contributed by atoms with Crippen LogP contribution in [0.2, 0.25) is 0 Å². The van der Waals surface area contributed by atoms with Gasteiger partial charge in [-0.2, -0.15) is 0 Å². The Kier molecular flexibility index (Phi) is 13.2. The molecule has 164 valence electrons. The highest BCUT2D eigenvalue weighted by atomic mass is 16.7.